The van der Waals surface area contributed by atoms with Crippen LogP contribution < -0.4 is 10.6 Å². The van der Waals surface area contributed by atoms with Gasteiger partial charge in [0.05, 0.1) is 12.6 Å². The van der Waals surface area contributed by atoms with Gasteiger partial charge in [0.1, 0.15) is 18.0 Å². The van der Waals surface area contributed by atoms with E-state index in [0.29, 0.717) is 61.1 Å². The maximum atomic E-state index is 15.6. The van der Waals surface area contributed by atoms with Gasteiger partial charge in [0, 0.05) is 41.9 Å². The number of nitrogens with zero attached hydrogens (tertiary/aromatic N) is 1. The molecule has 3 aliphatic heterocycles. The molecule has 0 aromatic heterocycles. The average Bonchev–Trinajstić information content (AvgIpc) is 3.15. The number of nitrogens with one attached hydrogen (secondary N) is 2. The molecule has 1 unspecified atom stereocenters. The summed E-state index contributed by atoms with van der Waals surface area (Å²) in [5.41, 5.74) is 1.87. The van der Waals surface area contributed by atoms with E-state index in [1.54, 1.807) is 12.1 Å². The van der Waals surface area contributed by atoms with Crippen LogP contribution in [0.1, 0.15) is 72.9 Å². The third-order valence-electron chi connectivity index (χ3n) is 7.81. The minimum Gasteiger partial charge on any atom is -0.376 e. The lowest BCUT2D eigenvalue weighted by molar-refractivity contribution is -0.126. The highest BCUT2D eigenvalue weighted by atomic mass is 19.1. The molecule has 3 fully saturated rings. The quantitative estimate of drug-likeness (QED) is 0.687. The average molecular weight is 474 g/mol. The third-order valence-corrected chi connectivity index (χ3v) is 7.81. The van der Waals surface area contributed by atoms with Crippen LogP contribution in [-0.4, -0.2) is 53.7 Å². The molecule has 1 aliphatic carbocycles. The molecular weight excluding hydrogens is 440 g/mol. The zero-order valence-electron chi connectivity index (χ0n) is 19.5. The van der Waals surface area contributed by atoms with Crippen molar-refractivity contribution < 1.29 is 23.1 Å². The smallest absolute Gasteiger partial charge is 0.255 e. The Labute approximate surface area is 199 Å². The van der Waals surface area contributed by atoms with E-state index in [2.05, 4.69) is 17.2 Å². The first-order valence-corrected chi connectivity index (χ1v) is 12.5. The molecule has 5 rings (SSSR count). The topological polar surface area (TPSA) is 70.7 Å². The zero-order valence-corrected chi connectivity index (χ0v) is 19.5. The summed E-state index contributed by atoms with van der Waals surface area (Å²) in [6, 6.07) is 3.13. The summed E-state index contributed by atoms with van der Waals surface area (Å²) in [5.74, 6) is -0.936. The van der Waals surface area contributed by atoms with E-state index in [-0.39, 0.29) is 42.4 Å². The van der Waals surface area contributed by atoms with E-state index >= 15 is 4.39 Å². The van der Waals surface area contributed by atoms with Crippen LogP contribution in [0.2, 0.25) is 0 Å². The molecule has 2 saturated heterocycles. The van der Waals surface area contributed by atoms with Crippen molar-refractivity contribution in [2.75, 3.05) is 6.61 Å². The standard InChI is InChI=1S/C26H33F2N3O3/c1-15-4-11-22(25(32)29-15)31-14-20-19(26(31)33)10-5-16(24(20)28)13-23-21(3-2-12-34-23)30-18-8-6-17(27)7-9-18/h5,10,17-18,21-23,30H,1-4,6-9,11-14H2,(H,29,32)/t17-,18-,21-,22?,23+/m0/s1. The summed E-state index contributed by atoms with van der Waals surface area (Å²) in [5, 5.41) is 6.37. The predicted molar refractivity (Wildman–Crippen MR) is 123 cm³/mol. The molecule has 8 heteroatoms. The minimum absolute atomic E-state index is 0.0953. The van der Waals surface area contributed by atoms with E-state index in [1.807, 2.05) is 0 Å². The molecule has 1 aromatic carbocycles. The van der Waals surface area contributed by atoms with Crippen LogP contribution in [0, 0.1) is 5.82 Å². The van der Waals surface area contributed by atoms with Gasteiger partial charge >= 0.3 is 0 Å². The second-order valence-electron chi connectivity index (χ2n) is 10.1. The normalized spacial score (nSPS) is 32.0. The SMILES string of the molecule is C=C1CCC(N2Cc3c(ccc(C[C@H]4OCCC[C@@H]4N[C@H]4CC[C@H](F)CC4)c3F)C2=O)C(=O)N1. The Morgan fingerprint density at radius 3 is 2.71 bits per heavy atom. The first-order valence-electron chi connectivity index (χ1n) is 12.5. The van der Waals surface area contributed by atoms with Gasteiger partial charge in [0.2, 0.25) is 5.91 Å². The molecule has 4 aliphatic rings. The molecule has 0 bridgehead atoms. The van der Waals surface area contributed by atoms with Crippen molar-refractivity contribution in [1.82, 2.24) is 15.5 Å². The van der Waals surface area contributed by atoms with Crippen molar-refractivity contribution in [1.29, 1.82) is 0 Å². The van der Waals surface area contributed by atoms with E-state index in [1.165, 1.54) is 4.90 Å². The van der Waals surface area contributed by atoms with Gasteiger partial charge in [-0.1, -0.05) is 12.6 Å². The van der Waals surface area contributed by atoms with E-state index < -0.39 is 12.2 Å². The monoisotopic (exact) mass is 473 g/mol. The third kappa shape index (κ3) is 4.62. The largest absolute Gasteiger partial charge is 0.376 e. The van der Waals surface area contributed by atoms with Gasteiger partial charge in [-0.2, -0.15) is 0 Å². The molecule has 2 amide bonds. The second-order valence-corrected chi connectivity index (χ2v) is 10.1. The van der Waals surface area contributed by atoms with Gasteiger partial charge in [-0.3, -0.25) is 9.59 Å². The number of hydrogen-bond acceptors (Lipinski definition) is 4. The lowest BCUT2D eigenvalue weighted by Crippen LogP contribution is -2.50. The lowest BCUT2D eigenvalue weighted by atomic mass is 9.90. The highest BCUT2D eigenvalue weighted by Crippen LogP contribution is 2.33. The second kappa shape index (κ2) is 9.74. The number of alkyl halides is 1. The maximum Gasteiger partial charge on any atom is 0.255 e. The molecular formula is C26H33F2N3O3. The van der Waals surface area contributed by atoms with Gasteiger partial charge < -0.3 is 20.3 Å². The molecule has 6 nitrogen and oxygen atoms in total. The number of halogens is 2. The maximum absolute atomic E-state index is 15.6. The highest BCUT2D eigenvalue weighted by molar-refractivity contribution is 6.01. The number of hydrogen-bond donors (Lipinski definition) is 2. The minimum atomic E-state index is -0.697. The first kappa shape index (κ1) is 23.4. The fourth-order valence-electron chi connectivity index (χ4n) is 5.86. The van der Waals surface area contributed by atoms with Crippen molar-refractivity contribution in [3.63, 3.8) is 0 Å². The van der Waals surface area contributed by atoms with Crippen molar-refractivity contribution in [3.05, 3.63) is 46.9 Å². The number of benzene rings is 1. The number of rotatable bonds is 5. The number of fused-ring (bicyclic) bond motifs is 1. The van der Waals surface area contributed by atoms with Crippen LogP contribution in [0.4, 0.5) is 8.78 Å². The molecule has 1 saturated carbocycles. The Kier molecular flexibility index (Phi) is 6.71. The first-order chi connectivity index (χ1) is 16.4. The Bertz CT molecular complexity index is 976. The van der Waals surface area contributed by atoms with Gasteiger partial charge in [-0.15, -0.1) is 0 Å². The van der Waals surface area contributed by atoms with Gasteiger partial charge in [-0.05, 0) is 63.0 Å². The highest BCUT2D eigenvalue weighted by Gasteiger charge is 2.40. The number of allylic oxidation sites excluding steroid dienone is 1. The number of ether oxygens (including phenoxy) is 1. The molecule has 1 aromatic rings. The Hall–Kier alpha value is -2.32. The van der Waals surface area contributed by atoms with Crippen molar-refractivity contribution in [2.24, 2.45) is 0 Å². The summed E-state index contributed by atoms with van der Waals surface area (Å²) in [7, 11) is 0. The van der Waals surface area contributed by atoms with E-state index in [4.69, 9.17) is 4.74 Å². The number of carbonyl (C=O) groups excluding carboxylic acids is 2. The molecule has 0 spiro atoms. The van der Waals surface area contributed by atoms with E-state index in [9.17, 15) is 14.0 Å². The molecule has 184 valence electrons. The summed E-state index contributed by atoms with van der Waals surface area (Å²) < 4.78 is 35.2. The van der Waals surface area contributed by atoms with Gasteiger partial charge in [0.25, 0.3) is 5.91 Å². The van der Waals surface area contributed by atoms with E-state index in [0.717, 1.165) is 25.7 Å². The Balaban J connectivity index is 1.29. The van der Waals surface area contributed by atoms with Gasteiger partial charge in [0.15, 0.2) is 0 Å². The molecule has 2 N–H and O–H groups in total. The van der Waals surface area contributed by atoms with Crippen molar-refractivity contribution in [3.8, 4) is 0 Å². The molecule has 0 radical (unpaired) electrons. The van der Waals surface area contributed by atoms with Crippen molar-refractivity contribution in [2.45, 2.75) is 94.7 Å². The molecule has 3 heterocycles. The number of amides is 2. The number of piperidine rings is 1. The van der Waals surface area contributed by atoms with Crippen LogP contribution in [-0.2, 0) is 22.5 Å². The predicted octanol–water partition coefficient (Wildman–Crippen LogP) is 3.53. The van der Waals surface area contributed by atoms with Crippen LogP contribution in [0.5, 0.6) is 0 Å². The Morgan fingerprint density at radius 1 is 1.15 bits per heavy atom. The molecule has 34 heavy (non-hydrogen) atoms. The summed E-state index contributed by atoms with van der Waals surface area (Å²) in [6.45, 7) is 4.52. The molecule has 3 atom stereocenters. The lowest BCUT2D eigenvalue weighted by Gasteiger charge is -2.37. The fourth-order valence-corrected chi connectivity index (χ4v) is 5.86. The van der Waals surface area contributed by atoms with Crippen LogP contribution in [0.15, 0.2) is 24.4 Å². The summed E-state index contributed by atoms with van der Waals surface area (Å²) >= 11 is 0. The summed E-state index contributed by atoms with van der Waals surface area (Å²) in [6.07, 6.45) is 5.34. The van der Waals surface area contributed by atoms with Crippen molar-refractivity contribution >= 4 is 11.8 Å². The fraction of sp³-hybridized carbons (Fsp3) is 0.615. The van der Waals surface area contributed by atoms with Crippen LogP contribution in [0.3, 0.4) is 0 Å². The van der Waals surface area contributed by atoms with Crippen LogP contribution >= 0.6 is 0 Å². The zero-order chi connectivity index (χ0) is 23.8. The summed E-state index contributed by atoms with van der Waals surface area (Å²) in [4.78, 5) is 26.9. The number of carbonyl (C=O) groups is 2. The van der Waals surface area contributed by atoms with Gasteiger partial charge in [-0.25, -0.2) is 8.78 Å². The van der Waals surface area contributed by atoms with Crippen LogP contribution in [0.25, 0.3) is 0 Å². The Morgan fingerprint density at radius 2 is 1.94 bits per heavy atom.